The minimum atomic E-state index is -0.791. The Bertz CT molecular complexity index is 523. The maximum Gasteiger partial charge on any atom is 0.101 e. The molecule has 0 aliphatic heterocycles. The predicted octanol–water partition coefficient (Wildman–Crippen LogP) is 5.25. The van der Waals surface area contributed by atoms with E-state index in [1.54, 1.807) is 6.92 Å². The van der Waals surface area contributed by atoms with Crippen molar-refractivity contribution in [2.24, 2.45) is 0 Å². The van der Waals surface area contributed by atoms with E-state index in [9.17, 15) is 4.39 Å². The molecule has 0 bridgehead atoms. The lowest BCUT2D eigenvalue weighted by Gasteiger charge is -2.16. The Kier molecular flexibility index (Phi) is 4.00. The van der Waals surface area contributed by atoms with Crippen LogP contribution in [0.3, 0.4) is 0 Å². The van der Waals surface area contributed by atoms with Crippen molar-refractivity contribution in [2.75, 3.05) is 0 Å². The summed E-state index contributed by atoms with van der Waals surface area (Å²) in [6.07, 6.45) is 0.823. The van der Waals surface area contributed by atoms with Crippen LogP contribution in [0.5, 0.6) is 0 Å². The second kappa shape index (κ2) is 5.51. The van der Waals surface area contributed by atoms with Crippen molar-refractivity contribution in [3.63, 3.8) is 0 Å². The van der Waals surface area contributed by atoms with Crippen LogP contribution in [0, 0.1) is 0 Å². The van der Waals surface area contributed by atoms with Gasteiger partial charge in [-0.2, -0.15) is 0 Å². The molecule has 0 aliphatic carbocycles. The molecule has 0 amide bonds. The monoisotopic (exact) mass is 244 g/mol. The van der Waals surface area contributed by atoms with Crippen LogP contribution in [-0.2, 0) is 6.42 Å². The molecule has 0 saturated carbocycles. The minimum absolute atomic E-state index is 0.505. The fraction of sp³-hybridized carbons (Fsp3) is 0.412. The van der Waals surface area contributed by atoms with E-state index in [-0.39, 0.29) is 0 Å². The standard InChI is InChI=1S/C17H21F/c1-4-12(2)16-10-6-8-14-7-5-9-15(17(14)16)11-13(3)18/h5-10,12-13H,4,11H2,1-3H3. The van der Waals surface area contributed by atoms with Gasteiger partial charge < -0.3 is 0 Å². The summed E-state index contributed by atoms with van der Waals surface area (Å²) in [6, 6.07) is 12.6. The number of hydrogen-bond acceptors (Lipinski definition) is 0. The van der Waals surface area contributed by atoms with Gasteiger partial charge in [-0.25, -0.2) is 4.39 Å². The number of fused-ring (bicyclic) bond motifs is 1. The van der Waals surface area contributed by atoms with Crippen LogP contribution in [0.1, 0.15) is 44.2 Å². The largest absolute Gasteiger partial charge is 0.247 e. The first-order valence-corrected chi connectivity index (χ1v) is 6.78. The van der Waals surface area contributed by atoms with Crippen molar-refractivity contribution in [2.45, 2.75) is 45.7 Å². The van der Waals surface area contributed by atoms with Crippen LogP contribution in [0.2, 0.25) is 0 Å². The fourth-order valence-electron chi connectivity index (χ4n) is 2.55. The van der Waals surface area contributed by atoms with E-state index >= 15 is 0 Å². The van der Waals surface area contributed by atoms with Gasteiger partial charge in [-0.05, 0) is 41.2 Å². The Morgan fingerprint density at radius 2 is 1.72 bits per heavy atom. The van der Waals surface area contributed by atoms with Gasteiger partial charge in [0.2, 0.25) is 0 Å². The van der Waals surface area contributed by atoms with Gasteiger partial charge in [0.05, 0.1) is 0 Å². The molecule has 96 valence electrons. The highest BCUT2D eigenvalue weighted by Gasteiger charge is 2.12. The van der Waals surface area contributed by atoms with E-state index in [2.05, 4.69) is 44.2 Å². The molecular formula is C17H21F. The molecule has 2 rings (SSSR count). The highest BCUT2D eigenvalue weighted by atomic mass is 19.1. The van der Waals surface area contributed by atoms with Gasteiger partial charge in [-0.15, -0.1) is 0 Å². The molecule has 0 saturated heterocycles. The molecule has 2 atom stereocenters. The van der Waals surface area contributed by atoms with Crippen molar-refractivity contribution in [1.82, 2.24) is 0 Å². The SMILES string of the molecule is CCC(C)c1cccc2cccc(CC(C)F)c12. The quantitative estimate of drug-likeness (QED) is 0.688. The smallest absolute Gasteiger partial charge is 0.101 e. The summed E-state index contributed by atoms with van der Waals surface area (Å²) in [5, 5.41) is 2.49. The zero-order valence-electron chi connectivity index (χ0n) is 11.4. The van der Waals surface area contributed by atoms with Gasteiger partial charge in [0.25, 0.3) is 0 Å². The molecule has 0 spiro atoms. The van der Waals surface area contributed by atoms with Gasteiger partial charge >= 0.3 is 0 Å². The predicted molar refractivity (Wildman–Crippen MR) is 76.9 cm³/mol. The van der Waals surface area contributed by atoms with Crippen molar-refractivity contribution >= 4 is 10.8 Å². The van der Waals surface area contributed by atoms with E-state index in [4.69, 9.17) is 0 Å². The maximum absolute atomic E-state index is 13.3. The van der Waals surface area contributed by atoms with Crippen LogP contribution in [0.15, 0.2) is 36.4 Å². The summed E-state index contributed by atoms with van der Waals surface area (Å²) in [7, 11) is 0. The molecule has 2 unspecified atom stereocenters. The van der Waals surface area contributed by atoms with Gasteiger partial charge in [-0.3, -0.25) is 0 Å². The second-order valence-electron chi connectivity index (χ2n) is 5.16. The van der Waals surface area contributed by atoms with Crippen LogP contribution in [0.25, 0.3) is 10.8 Å². The lowest BCUT2D eigenvalue weighted by molar-refractivity contribution is 0.361. The summed E-state index contributed by atoms with van der Waals surface area (Å²) in [6.45, 7) is 6.07. The van der Waals surface area contributed by atoms with Crippen molar-refractivity contribution < 1.29 is 4.39 Å². The van der Waals surface area contributed by atoms with Crippen LogP contribution < -0.4 is 0 Å². The first kappa shape index (κ1) is 13.1. The molecule has 0 fully saturated rings. The Morgan fingerprint density at radius 3 is 2.33 bits per heavy atom. The number of hydrogen-bond donors (Lipinski definition) is 0. The van der Waals surface area contributed by atoms with Gasteiger partial charge in [0.15, 0.2) is 0 Å². The first-order chi connectivity index (χ1) is 8.63. The van der Waals surface area contributed by atoms with Crippen LogP contribution in [0.4, 0.5) is 4.39 Å². The van der Waals surface area contributed by atoms with E-state index < -0.39 is 6.17 Å². The lowest BCUT2D eigenvalue weighted by atomic mass is 9.89. The van der Waals surface area contributed by atoms with Crippen molar-refractivity contribution in [3.8, 4) is 0 Å². The number of benzene rings is 2. The van der Waals surface area contributed by atoms with Gasteiger partial charge in [-0.1, -0.05) is 50.2 Å². The summed E-state index contributed by atoms with van der Waals surface area (Å²) in [4.78, 5) is 0. The molecule has 0 aromatic heterocycles. The normalized spacial score (nSPS) is 14.7. The average molecular weight is 244 g/mol. The third-order valence-corrected chi connectivity index (χ3v) is 3.67. The van der Waals surface area contributed by atoms with E-state index in [0.29, 0.717) is 12.3 Å². The minimum Gasteiger partial charge on any atom is -0.247 e. The Hall–Kier alpha value is -1.37. The van der Waals surface area contributed by atoms with E-state index in [0.717, 1.165) is 12.0 Å². The molecule has 18 heavy (non-hydrogen) atoms. The lowest BCUT2D eigenvalue weighted by Crippen LogP contribution is -2.02. The molecular weight excluding hydrogens is 223 g/mol. The summed E-state index contributed by atoms with van der Waals surface area (Å²) >= 11 is 0. The summed E-state index contributed by atoms with van der Waals surface area (Å²) < 4.78 is 13.3. The van der Waals surface area contributed by atoms with Crippen LogP contribution >= 0.6 is 0 Å². The van der Waals surface area contributed by atoms with E-state index in [1.165, 1.54) is 16.3 Å². The number of alkyl halides is 1. The van der Waals surface area contributed by atoms with Crippen LogP contribution in [-0.4, -0.2) is 6.17 Å². The maximum atomic E-state index is 13.3. The Morgan fingerprint density at radius 1 is 1.06 bits per heavy atom. The highest BCUT2D eigenvalue weighted by molar-refractivity contribution is 5.89. The number of rotatable bonds is 4. The zero-order valence-corrected chi connectivity index (χ0v) is 11.4. The van der Waals surface area contributed by atoms with Crippen molar-refractivity contribution in [1.29, 1.82) is 0 Å². The zero-order chi connectivity index (χ0) is 13.1. The molecule has 2 aromatic carbocycles. The summed E-state index contributed by atoms with van der Waals surface area (Å²) in [5.74, 6) is 0.518. The second-order valence-corrected chi connectivity index (χ2v) is 5.16. The van der Waals surface area contributed by atoms with E-state index in [1.807, 2.05) is 6.07 Å². The third-order valence-electron chi connectivity index (χ3n) is 3.67. The fourth-order valence-corrected chi connectivity index (χ4v) is 2.55. The van der Waals surface area contributed by atoms with Gasteiger partial charge in [0, 0.05) is 6.42 Å². The topological polar surface area (TPSA) is 0 Å². The molecule has 2 aromatic rings. The van der Waals surface area contributed by atoms with Crippen molar-refractivity contribution in [3.05, 3.63) is 47.5 Å². The first-order valence-electron chi connectivity index (χ1n) is 6.78. The summed E-state index contributed by atoms with van der Waals surface area (Å²) in [5.41, 5.74) is 2.49. The molecule has 0 N–H and O–H groups in total. The molecule has 0 heterocycles. The Balaban J connectivity index is 2.63. The highest BCUT2D eigenvalue weighted by Crippen LogP contribution is 2.31. The Labute approximate surface area is 109 Å². The molecule has 0 nitrogen and oxygen atoms in total. The van der Waals surface area contributed by atoms with Gasteiger partial charge in [0.1, 0.15) is 6.17 Å². The molecule has 0 radical (unpaired) electrons. The average Bonchev–Trinajstić information content (AvgIpc) is 2.37. The molecule has 0 aliphatic rings. The molecule has 1 heteroatoms. The number of halogens is 1. The third kappa shape index (κ3) is 2.55.